The van der Waals surface area contributed by atoms with Crippen LogP contribution < -0.4 is 5.32 Å². The van der Waals surface area contributed by atoms with Crippen molar-refractivity contribution in [2.45, 2.75) is 18.7 Å². The van der Waals surface area contributed by atoms with Crippen molar-refractivity contribution in [2.24, 2.45) is 4.99 Å². The monoisotopic (exact) mass is 466 g/mol. The zero-order chi connectivity index (χ0) is 24.1. The molecule has 0 unspecified atom stereocenters. The number of hydrogen-bond donors (Lipinski definition) is 2. The fourth-order valence-electron chi connectivity index (χ4n) is 3.80. The lowest BCUT2D eigenvalue weighted by Crippen LogP contribution is -2.48. The predicted octanol–water partition coefficient (Wildman–Crippen LogP) is 2.85. The number of nitrogens with one attached hydrogen (secondary N) is 1. The third-order valence-electron chi connectivity index (χ3n) is 5.52. The predicted molar refractivity (Wildman–Crippen MR) is 124 cm³/mol. The van der Waals surface area contributed by atoms with E-state index in [4.69, 9.17) is 4.74 Å². The molecule has 2 aromatic carbocycles. The van der Waals surface area contributed by atoms with Crippen molar-refractivity contribution in [3.63, 3.8) is 0 Å². The van der Waals surface area contributed by atoms with E-state index in [1.165, 1.54) is 37.4 Å². The standard InChI is InChI=1S/C25H24F2N4O3/c1-34-15-23(32)22(14-31-11-3-10-29-31)30-25(33)19-4-2-5-20(27)24(19)21-12-17(13-28-21)16-6-8-18(26)9-7-16/h2-12,22-23,32H,13-15H2,1H3,(H,30,33)/t22-,23-/m1/s1. The summed E-state index contributed by atoms with van der Waals surface area (Å²) in [5.41, 5.74) is 2.03. The molecule has 34 heavy (non-hydrogen) atoms. The Hall–Kier alpha value is -3.69. The first-order valence-electron chi connectivity index (χ1n) is 10.7. The molecule has 1 amide bonds. The van der Waals surface area contributed by atoms with Crippen LogP contribution in [0.2, 0.25) is 0 Å². The maximum atomic E-state index is 14.9. The molecule has 176 valence electrons. The zero-order valence-corrected chi connectivity index (χ0v) is 18.5. The minimum Gasteiger partial charge on any atom is -0.388 e. The molecule has 0 aliphatic carbocycles. The first-order valence-corrected chi connectivity index (χ1v) is 10.7. The first-order chi connectivity index (χ1) is 16.5. The van der Waals surface area contributed by atoms with E-state index in [-0.39, 0.29) is 36.6 Å². The number of aliphatic hydroxyl groups is 1. The number of halogens is 2. The fraction of sp³-hybridized carbons (Fsp3) is 0.240. The molecular weight excluding hydrogens is 442 g/mol. The summed E-state index contributed by atoms with van der Waals surface area (Å²) in [7, 11) is 1.45. The highest BCUT2D eigenvalue weighted by Gasteiger charge is 2.26. The van der Waals surface area contributed by atoms with Gasteiger partial charge in [-0.15, -0.1) is 0 Å². The summed E-state index contributed by atoms with van der Waals surface area (Å²) in [6.45, 7) is 0.479. The molecule has 0 fully saturated rings. The lowest BCUT2D eigenvalue weighted by Gasteiger charge is -2.24. The highest BCUT2D eigenvalue weighted by molar-refractivity contribution is 6.19. The van der Waals surface area contributed by atoms with Gasteiger partial charge in [0.2, 0.25) is 0 Å². The Bertz CT molecular complexity index is 1210. The van der Waals surface area contributed by atoms with Crippen LogP contribution in [0, 0.1) is 11.6 Å². The number of benzene rings is 2. The Balaban J connectivity index is 1.60. The normalized spacial score (nSPS) is 14.9. The molecule has 0 radical (unpaired) electrons. The SMILES string of the molecule is COC[C@@H](O)[C@@H](Cn1cccn1)NC(=O)c1cccc(F)c1C1=NCC(c2ccc(F)cc2)=C1. The molecule has 0 spiro atoms. The second-order valence-corrected chi connectivity index (χ2v) is 7.87. The number of aromatic nitrogens is 2. The van der Waals surface area contributed by atoms with E-state index in [0.717, 1.165) is 11.1 Å². The fourth-order valence-corrected chi connectivity index (χ4v) is 3.80. The number of hydrogen-bond acceptors (Lipinski definition) is 5. The molecule has 2 N–H and O–H groups in total. The number of ether oxygens (including phenoxy) is 1. The van der Waals surface area contributed by atoms with Gasteiger partial charge in [-0.2, -0.15) is 5.10 Å². The molecule has 7 nitrogen and oxygen atoms in total. The maximum absolute atomic E-state index is 14.9. The van der Waals surface area contributed by atoms with Gasteiger partial charge in [-0.05, 0) is 47.5 Å². The zero-order valence-electron chi connectivity index (χ0n) is 18.5. The second-order valence-electron chi connectivity index (χ2n) is 7.87. The first kappa shape index (κ1) is 23.5. The number of aliphatic hydroxyl groups excluding tert-OH is 1. The Labute approximate surface area is 195 Å². The lowest BCUT2D eigenvalue weighted by atomic mass is 9.99. The minimum absolute atomic E-state index is 0.00129. The van der Waals surface area contributed by atoms with Crippen LogP contribution >= 0.6 is 0 Å². The number of rotatable bonds is 9. The third kappa shape index (κ3) is 5.27. The van der Waals surface area contributed by atoms with Crippen molar-refractivity contribution in [1.29, 1.82) is 0 Å². The molecule has 0 saturated heterocycles. The molecule has 0 bridgehead atoms. The highest BCUT2D eigenvalue weighted by Crippen LogP contribution is 2.25. The highest BCUT2D eigenvalue weighted by atomic mass is 19.1. The van der Waals surface area contributed by atoms with Gasteiger partial charge in [-0.25, -0.2) is 8.78 Å². The molecule has 4 rings (SSSR count). The molecule has 0 saturated carbocycles. The van der Waals surface area contributed by atoms with Gasteiger partial charge in [0, 0.05) is 25.1 Å². The number of methoxy groups -OCH3 is 1. The van der Waals surface area contributed by atoms with Gasteiger partial charge in [0.25, 0.3) is 5.91 Å². The summed E-state index contributed by atoms with van der Waals surface area (Å²) in [6.07, 6.45) is 3.99. The number of carbonyl (C=O) groups excluding carboxylic acids is 1. The summed E-state index contributed by atoms with van der Waals surface area (Å²) in [5, 5.41) is 17.4. The van der Waals surface area contributed by atoms with Crippen LogP contribution in [0.5, 0.6) is 0 Å². The Morgan fingerprint density at radius 2 is 2.00 bits per heavy atom. The van der Waals surface area contributed by atoms with Crippen molar-refractivity contribution in [2.75, 3.05) is 20.3 Å². The number of amides is 1. The second kappa shape index (κ2) is 10.5. The Morgan fingerprint density at radius 1 is 1.21 bits per heavy atom. The van der Waals surface area contributed by atoms with Crippen LogP contribution in [0.1, 0.15) is 21.5 Å². The smallest absolute Gasteiger partial charge is 0.252 e. The largest absolute Gasteiger partial charge is 0.388 e. The van der Waals surface area contributed by atoms with E-state index < -0.39 is 23.9 Å². The van der Waals surface area contributed by atoms with E-state index in [2.05, 4.69) is 15.4 Å². The quantitative estimate of drug-likeness (QED) is 0.508. The number of allylic oxidation sites excluding steroid dienone is 1. The molecule has 2 heterocycles. The van der Waals surface area contributed by atoms with Gasteiger partial charge in [0.05, 0.1) is 43.1 Å². The van der Waals surface area contributed by atoms with E-state index in [0.29, 0.717) is 5.71 Å². The summed E-state index contributed by atoms with van der Waals surface area (Å²) in [4.78, 5) is 17.7. The van der Waals surface area contributed by atoms with Gasteiger partial charge < -0.3 is 15.2 Å². The van der Waals surface area contributed by atoms with Crippen molar-refractivity contribution < 1.29 is 23.4 Å². The van der Waals surface area contributed by atoms with Crippen molar-refractivity contribution in [3.05, 3.63) is 95.3 Å². The molecular formula is C25H24F2N4O3. The lowest BCUT2D eigenvalue weighted by molar-refractivity contribution is 0.0322. The van der Waals surface area contributed by atoms with Gasteiger partial charge in [-0.1, -0.05) is 18.2 Å². The van der Waals surface area contributed by atoms with E-state index in [1.54, 1.807) is 41.4 Å². The average molecular weight is 466 g/mol. The topological polar surface area (TPSA) is 88.7 Å². The number of nitrogens with zero attached hydrogens (tertiary/aromatic N) is 3. The molecule has 1 aliphatic rings. The van der Waals surface area contributed by atoms with Crippen molar-refractivity contribution in [1.82, 2.24) is 15.1 Å². The number of carbonyl (C=O) groups is 1. The van der Waals surface area contributed by atoms with Crippen LogP contribution in [-0.2, 0) is 11.3 Å². The van der Waals surface area contributed by atoms with E-state index in [1.807, 2.05) is 0 Å². The van der Waals surface area contributed by atoms with Crippen LogP contribution in [-0.4, -0.2) is 58.9 Å². The Morgan fingerprint density at radius 3 is 2.71 bits per heavy atom. The van der Waals surface area contributed by atoms with Gasteiger partial charge in [0.15, 0.2) is 0 Å². The molecule has 3 aromatic rings. The molecule has 2 atom stereocenters. The summed E-state index contributed by atoms with van der Waals surface area (Å²) >= 11 is 0. The molecule has 9 heteroatoms. The summed E-state index contributed by atoms with van der Waals surface area (Å²) < 4.78 is 34.8. The molecule has 1 aromatic heterocycles. The van der Waals surface area contributed by atoms with Gasteiger partial charge in [-0.3, -0.25) is 14.5 Å². The van der Waals surface area contributed by atoms with Gasteiger partial charge >= 0.3 is 0 Å². The number of aliphatic imine (C=N–C) groups is 1. The van der Waals surface area contributed by atoms with Gasteiger partial charge in [0.1, 0.15) is 11.6 Å². The van der Waals surface area contributed by atoms with E-state index >= 15 is 0 Å². The summed E-state index contributed by atoms with van der Waals surface area (Å²) in [6, 6.07) is 11.2. The van der Waals surface area contributed by atoms with Crippen molar-refractivity contribution >= 4 is 17.2 Å². The van der Waals surface area contributed by atoms with Crippen LogP contribution in [0.25, 0.3) is 5.57 Å². The van der Waals surface area contributed by atoms with E-state index in [9.17, 15) is 18.7 Å². The summed E-state index contributed by atoms with van der Waals surface area (Å²) in [5.74, 6) is -1.51. The average Bonchev–Trinajstić information content (AvgIpc) is 3.51. The van der Waals surface area contributed by atoms with Crippen LogP contribution in [0.3, 0.4) is 0 Å². The minimum atomic E-state index is -1.01. The molecule has 1 aliphatic heterocycles. The third-order valence-corrected chi connectivity index (χ3v) is 5.52. The van der Waals surface area contributed by atoms with Crippen molar-refractivity contribution in [3.8, 4) is 0 Å². The maximum Gasteiger partial charge on any atom is 0.252 e. The Kier molecular flexibility index (Phi) is 7.24. The van der Waals surface area contributed by atoms with Crippen LogP contribution in [0.15, 0.2) is 72.0 Å². The van der Waals surface area contributed by atoms with Crippen LogP contribution in [0.4, 0.5) is 8.78 Å².